The van der Waals surface area contributed by atoms with Gasteiger partial charge in [0, 0.05) is 17.8 Å². The Morgan fingerprint density at radius 2 is 1.86 bits per heavy atom. The first-order valence-corrected chi connectivity index (χ1v) is 9.98. The second kappa shape index (κ2) is 7.99. The molecule has 3 unspecified atom stereocenters. The number of halogens is 1. The van der Waals surface area contributed by atoms with Gasteiger partial charge in [-0.3, -0.25) is 4.79 Å². The van der Waals surface area contributed by atoms with Gasteiger partial charge in [0.1, 0.15) is 0 Å². The molecule has 2 nitrogen and oxygen atoms in total. The van der Waals surface area contributed by atoms with Gasteiger partial charge in [0.15, 0.2) is 0 Å². The highest BCUT2D eigenvalue weighted by atomic mass is 79.9. The fourth-order valence-electron chi connectivity index (χ4n) is 4.22. The summed E-state index contributed by atoms with van der Waals surface area (Å²) in [5.74, 6) is 2.38. The molecule has 1 N–H and O–H groups in total. The maximum atomic E-state index is 12.5. The zero-order valence-electron chi connectivity index (χ0n) is 13.8. The Morgan fingerprint density at radius 3 is 2.57 bits per heavy atom. The predicted molar refractivity (Wildman–Crippen MR) is 92.6 cm³/mol. The summed E-state index contributed by atoms with van der Waals surface area (Å²) in [5, 5.41) is 4.29. The van der Waals surface area contributed by atoms with Gasteiger partial charge in [-0.05, 0) is 49.4 Å². The van der Waals surface area contributed by atoms with Gasteiger partial charge in [-0.1, -0.05) is 55.5 Å². The first-order chi connectivity index (χ1) is 10.0. The summed E-state index contributed by atoms with van der Waals surface area (Å²) < 4.78 is 0. The molecular weight excluding hydrogens is 326 g/mol. The summed E-state index contributed by atoms with van der Waals surface area (Å²) in [6.07, 6.45) is 11.5. The fourth-order valence-corrected chi connectivity index (χ4v) is 4.50. The first kappa shape index (κ1) is 17.3. The highest BCUT2D eigenvalue weighted by molar-refractivity contribution is 9.09. The third kappa shape index (κ3) is 5.26. The zero-order chi connectivity index (χ0) is 15.3. The van der Waals surface area contributed by atoms with Crippen molar-refractivity contribution in [2.45, 2.75) is 71.6 Å². The summed E-state index contributed by atoms with van der Waals surface area (Å²) in [6, 6.07) is 0. The van der Waals surface area contributed by atoms with Crippen LogP contribution in [-0.2, 0) is 4.79 Å². The van der Waals surface area contributed by atoms with Crippen molar-refractivity contribution in [2.75, 3.05) is 11.9 Å². The van der Waals surface area contributed by atoms with Crippen molar-refractivity contribution in [1.29, 1.82) is 0 Å². The summed E-state index contributed by atoms with van der Waals surface area (Å²) in [4.78, 5) is 12.5. The number of alkyl halides is 1. The van der Waals surface area contributed by atoms with Crippen LogP contribution in [0.5, 0.6) is 0 Å². The fraction of sp³-hybridized carbons (Fsp3) is 0.944. The molecule has 3 heteroatoms. The highest BCUT2D eigenvalue weighted by Crippen LogP contribution is 2.42. The average molecular weight is 358 g/mol. The lowest BCUT2D eigenvalue weighted by atomic mass is 9.67. The van der Waals surface area contributed by atoms with E-state index in [0.29, 0.717) is 5.91 Å². The van der Waals surface area contributed by atoms with E-state index in [9.17, 15) is 4.79 Å². The molecule has 0 heterocycles. The Hall–Kier alpha value is -0.0500. The number of nitrogens with one attached hydrogen (secondary N) is 1. The molecule has 3 atom stereocenters. The topological polar surface area (TPSA) is 29.1 Å². The van der Waals surface area contributed by atoms with Crippen LogP contribution in [0.1, 0.15) is 71.6 Å². The minimum atomic E-state index is 0.214. The van der Waals surface area contributed by atoms with Gasteiger partial charge in [0.05, 0.1) is 0 Å². The van der Waals surface area contributed by atoms with Crippen LogP contribution in [0.3, 0.4) is 0 Å². The van der Waals surface area contributed by atoms with E-state index in [-0.39, 0.29) is 11.3 Å². The molecule has 2 aliphatic rings. The van der Waals surface area contributed by atoms with Gasteiger partial charge >= 0.3 is 0 Å². The van der Waals surface area contributed by atoms with Gasteiger partial charge < -0.3 is 5.32 Å². The largest absolute Gasteiger partial charge is 0.355 e. The molecule has 0 aromatic rings. The Bertz CT molecular complexity index is 342. The number of amides is 1. The molecule has 0 aromatic carbocycles. The Kier molecular flexibility index (Phi) is 6.58. The molecule has 2 fully saturated rings. The van der Waals surface area contributed by atoms with Gasteiger partial charge in [-0.25, -0.2) is 0 Å². The van der Waals surface area contributed by atoms with E-state index in [0.717, 1.165) is 43.0 Å². The van der Waals surface area contributed by atoms with E-state index in [1.54, 1.807) is 0 Å². The van der Waals surface area contributed by atoms with E-state index in [1.165, 1.54) is 38.5 Å². The Morgan fingerprint density at radius 1 is 1.14 bits per heavy atom. The van der Waals surface area contributed by atoms with Crippen LogP contribution in [-0.4, -0.2) is 17.8 Å². The van der Waals surface area contributed by atoms with Crippen molar-refractivity contribution in [3.63, 3.8) is 0 Å². The van der Waals surface area contributed by atoms with E-state index in [1.807, 2.05) is 0 Å². The Balaban J connectivity index is 1.75. The van der Waals surface area contributed by atoms with Gasteiger partial charge in [-0.15, -0.1) is 0 Å². The summed E-state index contributed by atoms with van der Waals surface area (Å²) >= 11 is 3.49. The number of carbonyl (C=O) groups excluding carboxylic acids is 1. The van der Waals surface area contributed by atoms with Crippen LogP contribution in [0.4, 0.5) is 0 Å². The molecule has 2 rings (SSSR count). The molecule has 0 aliphatic heterocycles. The molecule has 0 aromatic heterocycles. The van der Waals surface area contributed by atoms with Crippen molar-refractivity contribution < 1.29 is 4.79 Å². The zero-order valence-corrected chi connectivity index (χ0v) is 15.4. The van der Waals surface area contributed by atoms with Crippen LogP contribution in [0.25, 0.3) is 0 Å². The van der Waals surface area contributed by atoms with E-state index in [4.69, 9.17) is 0 Å². The highest BCUT2D eigenvalue weighted by Gasteiger charge is 2.35. The van der Waals surface area contributed by atoms with E-state index >= 15 is 0 Å². The SMILES string of the molecule is CC(C)(CCCBr)CNC(=O)C1CCC2CCCCC2C1. The van der Waals surface area contributed by atoms with E-state index < -0.39 is 0 Å². The van der Waals surface area contributed by atoms with Gasteiger partial charge in [0.2, 0.25) is 5.91 Å². The number of rotatable bonds is 6. The van der Waals surface area contributed by atoms with Crippen LogP contribution >= 0.6 is 15.9 Å². The number of hydrogen-bond acceptors (Lipinski definition) is 1. The van der Waals surface area contributed by atoms with Crippen LogP contribution in [0, 0.1) is 23.2 Å². The van der Waals surface area contributed by atoms with Crippen molar-refractivity contribution >= 4 is 21.8 Å². The van der Waals surface area contributed by atoms with Gasteiger partial charge in [-0.2, -0.15) is 0 Å². The molecule has 2 saturated carbocycles. The molecule has 2 aliphatic carbocycles. The lowest BCUT2D eigenvalue weighted by molar-refractivity contribution is -0.127. The second-order valence-corrected chi connectivity index (χ2v) is 8.78. The number of carbonyl (C=O) groups is 1. The minimum Gasteiger partial charge on any atom is -0.355 e. The average Bonchev–Trinajstić information content (AvgIpc) is 2.50. The van der Waals surface area contributed by atoms with Crippen LogP contribution < -0.4 is 5.32 Å². The Labute approximate surface area is 139 Å². The van der Waals surface area contributed by atoms with Crippen molar-refractivity contribution in [3.8, 4) is 0 Å². The van der Waals surface area contributed by atoms with E-state index in [2.05, 4.69) is 35.1 Å². The first-order valence-electron chi connectivity index (χ1n) is 8.85. The molecule has 0 bridgehead atoms. The van der Waals surface area contributed by atoms with Crippen molar-refractivity contribution in [1.82, 2.24) is 5.32 Å². The van der Waals surface area contributed by atoms with Gasteiger partial charge in [0.25, 0.3) is 0 Å². The lowest BCUT2D eigenvalue weighted by Gasteiger charge is -2.39. The molecule has 0 saturated heterocycles. The second-order valence-electron chi connectivity index (χ2n) is 7.99. The van der Waals surface area contributed by atoms with Crippen molar-refractivity contribution in [3.05, 3.63) is 0 Å². The molecule has 21 heavy (non-hydrogen) atoms. The van der Waals surface area contributed by atoms with Crippen LogP contribution in [0.2, 0.25) is 0 Å². The maximum Gasteiger partial charge on any atom is 0.223 e. The normalized spacial score (nSPS) is 29.8. The summed E-state index contributed by atoms with van der Waals surface area (Å²) in [6.45, 7) is 5.34. The third-order valence-electron chi connectivity index (χ3n) is 5.64. The standard InChI is InChI=1S/C18H32BrNO/c1-18(2,10-5-11-19)13-20-17(21)16-9-8-14-6-3-4-7-15(14)12-16/h14-16H,3-13H2,1-2H3,(H,20,21). The number of fused-ring (bicyclic) bond motifs is 1. The van der Waals surface area contributed by atoms with Crippen molar-refractivity contribution in [2.24, 2.45) is 23.2 Å². The molecular formula is C18H32BrNO. The molecule has 0 radical (unpaired) electrons. The predicted octanol–water partition coefficient (Wildman–Crippen LogP) is 4.91. The third-order valence-corrected chi connectivity index (χ3v) is 6.20. The number of hydrogen-bond donors (Lipinski definition) is 1. The molecule has 1 amide bonds. The minimum absolute atomic E-state index is 0.214. The maximum absolute atomic E-state index is 12.5. The monoisotopic (exact) mass is 357 g/mol. The quantitative estimate of drug-likeness (QED) is 0.672. The summed E-state index contributed by atoms with van der Waals surface area (Å²) in [5.41, 5.74) is 0.214. The smallest absolute Gasteiger partial charge is 0.223 e. The summed E-state index contributed by atoms with van der Waals surface area (Å²) in [7, 11) is 0. The van der Waals surface area contributed by atoms with Crippen LogP contribution in [0.15, 0.2) is 0 Å². The lowest BCUT2D eigenvalue weighted by Crippen LogP contribution is -2.41. The molecule has 0 spiro atoms. The molecule has 122 valence electrons.